The molecular weight excluding hydrogens is 274 g/mol. The molecule has 1 heterocycles. The highest BCUT2D eigenvalue weighted by molar-refractivity contribution is 7.98. The highest BCUT2D eigenvalue weighted by atomic mass is 32.2. The van der Waals surface area contributed by atoms with E-state index in [1.54, 1.807) is 43.3 Å². The van der Waals surface area contributed by atoms with Crippen LogP contribution < -0.4 is 16.0 Å². The molecule has 0 saturated carbocycles. The number of carbonyl (C=O) groups excluding carboxylic acids is 1. The Kier molecular flexibility index (Phi) is 8.21. The smallest absolute Gasteiger partial charge is 0.252 e. The number of rotatable bonds is 7. The lowest BCUT2D eigenvalue weighted by atomic mass is 10.3. The minimum Gasteiger partial charge on any atom is -0.356 e. The fourth-order valence-corrected chi connectivity index (χ4v) is 1.75. The number of carbonyl (C=O) groups is 1. The quantitative estimate of drug-likeness (QED) is 0.384. The standard InChI is InChI=1S/C13H21N5OS/c1-14-13(18-8-9-20-2)17-7-6-16-12(19)11-4-3-5-15-10-11/h3-5,10H,6-9H2,1-2H3,(H,16,19)(H2,14,17,18). The number of hydrogen-bond donors (Lipinski definition) is 3. The Hall–Kier alpha value is -1.76. The Morgan fingerprint density at radius 1 is 1.30 bits per heavy atom. The van der Waals surface area contributed by atoms with Crippen molar-refractivity contribution in [3.05, 3.63) is 30.1 Å². The van der Waals surface area contributed by atoms with Crippen molar-refractivity contribution < 1.29 is 4.79 Å². The minimum atomic E-state index is -0.120. The summed E-state index contributed by atoms with van der Waals surface area (Å²) in [6.07, 6.45) is 5.25. The molecule has 1 amide bonds. The SMILES string of the molecule is CN=C(NCCNC(=O)c1cccnc1)NCCSC. The van der Waals surface area contributed by atoms with Gasteiger partial charge in [-0.3, -0.25) is 14.8 Å². The van der Waals surface area contributed by atoms with E-state index in [9.17, 15) is 4.79 Å². The first-order chi connectivity index (χ1) is 9.77. The molecule has 3 N–H and O–H groups in total. The van der Waals surface area contributed by atoms with E-state index in [1.165, 1.54) is 0 Å². The van der Waals surface area contributed by atoms with Gasteiger partial charge in [-0.05, 0) is 18.4 Å². The summed E-state index contributed by atoms with van der Waals surface area (Å²) in [7, 11) is 1.72. The van der Waals surface area contributed by atoms with E-state index in [2.05, 4.69) is 32.2 Å². The zero-order chi connectivity index (χ0) is 14.6. The topological polar surface area (TPSA) is 78.4 Å². The summed E-state index contributed by atoms with van der Waals surface area (Å²) in [6.45, 7) is 2.00. The molecule has 0 fully saturated rings. The molecule has 0 saturated heterocycles. The van der Waals surface area contributed by atoms with Crippen LogP contribution >= 0.6 is 11.8 Å². The molecular formula is C13H21N5OS. The summed E-state index contributed by atoms with van der Waals surface area (Å²) < 4.78 is 0. The average molecular weight is 295 g/mol. The number of pyridine rings is 1. The van der Waals surface area contributed by atoms with E-state index in [-0.39, 0.29) is 5.91 Å². The maximum Gasteiger partial charge on any atom is 0.252 e. The molecule has 110 valence electrons. The molecule has 6 nitrogen and oxygen atoms in total. The molecule has 20 heavy (non-hydrogen) atoms. The lowest BCUT2D eigenvalue weighted by Gasteiger charge is -2.11. The summed E-state index contributed by atoms with van der Waals surface area (Å²) in [4.78, 5) is 19.7. The van der Waals surface area contributed by atoms with Crippen LogP contribution in [0.15, 0.2) is 29.5 Å². The van der Waals surface area contributed by atoms with Crippen LogP contribution in [-0.2, 0) is 0 Å². The van der Waals surface area contributed by atoms with Crippen LogP contribution in [0.5, 0.6) is 0 Å². The second-order valence-electron chi connectivity index (χ2n) is 3.92. The summed E-state index contributed by atoms with van der Waals surface area (Å²) >= 11 is 1.78. The number of aromatic nitrogens is 1. The van der Waals surface area contributed by atoms with Gasteiger partial charge in [0.05, 0.1) is 5.56 Å². The number of thioether (sulfide) groups is 1. The molecule has 0 radical (unpaired) electrons. The average Bonchev–Trinajstić information content (AvgIpc) is 2.50. The molecule has 0 aliphatic rings. The molecule has 0 aliphatic heterocycles. The van der Waals surface area contributed by atoms with E-state index in [0.717, 1.165) is 18.3 Å². The van der Waals surface area contributed by atoms with Gasteiger partial charge in [0.25, 0.3) is 5.91 Å². The first-order valence-corrected chi connectivity index (χ1v) is 7.79. The highest BCUT2D eigenvalue weighted by Crippen LogP contribution is 1.94. The maximum atomic E-state index is 11.7. The van der Waals surface area contributed by atoms with Crippen LogP contribution in [0.2, 0.25) is 0 Å². The molecule has 7 heteroatoms. The van der Waals surface area contributed by atoms with Crippen molar-refractivity contribution in [3.63, 3.8) is 0 Å². The lowest BCUT2D eigenvalue weighted by molar-refractivity contribution is 0.0954. The van der Waals surface area contributed by atoms with Crippen molar-refractivity contribution in [1.82, 2.24) is 20.9 Å². The Labute approximate surface area is 123 Å². The van der Waals surface area contributed by atoms with Crippen LogP contribution in [0.25, 0.3) is 0 Å². The van der Waals surface area contributed by atoms with Gasteiger partial charge in [-0.2, -0.15) is 11.8 Å². The van der Waals surface area contributed by atoms with Gasteiger partial charge in [0.1, 0.15) is 0 Å². The molecule has 1 aromatic rings. The zero-order valence-corrected chi connectivity index (χ0v) is 12.7. The number of amides is 1. The van der Waals surface area contributed by atoms with Gasteiger partial charge in [0, 0.05) is 44.8 Å². The second kappa shape index (κ2) is 10.1. The van der Waals surface area contributed by atoms with E-state index in [4.69, 9.17) is 0 Å². The summed E-state index contributed by atoms with van der Waals surface area (Å²) in [6, 6.07) is 3.48. The number of nitrogens with one attached hydrogen (secondary N) is 3. The molecule has 0 bridgehead atoms. The van der Waals surface area contributed by atoms with Gasteiger partial charge in [-0.15, -0.1) is 0 Å². The Morgan fingerprint density at radius 3 is 2.70 bits per heavy atom. The Bertz CT molecular complexity index is 424. The minimum absolute atomic E-state index is 0.120. The second-order valence-corrected chi connectivity index (χ2v) is 4.90. The number of aliphatic imine (C=N–C) groups is 1. The van der Waals surface area contributed by atoms with E-state index >= 15 is 0 Å². The van der Waals surface area contributed by atoms with Gasteiger partial charge in [-0.1, -0.05) is 0 Å². The Morgan fingerprint density at radius 2 is 2.05 bits per heavy atom. The van der Waals surface area contributed by atoms with E-state index < -0.39 is 0 Å². The van der Waals surface area contributed by atoms with Gasteiger partial charge >= 0.3 is 0 Å². The molecule has 1 aromatic heterocycles. The monoisotopic (exact) mass is 295 g/mol. The predicted molar refractivity (Wildman–Crippen MR) is 84.3 cm³/mol. The molecule has 1 rings (SSSR count). The van der Waals surface area contributed by atoms with Crippen LogP contribution in [-0.4, -0.2) is 55.5 Å². The Balaban J connectivity index is 2.19. The van der Waals surface area contributed by atoms with Crippen LogP contribution in [0.1, 0.15) is 10.4 Å². The lowest BCUT2D eigenvalue weighted by Crippen LogP contribution is -2.42. The fraction of sp³-hybridized carbons (Fsp3) is 0.462. The van der Waals surface area contributed by atoms with Gasteiger partial charge in [0.2, 0.25) is 0 Å². The predicted octanol–water partition coefficient (Wildman–Crippen LogP) is 0.339. The highest BCUT2D eigenvalue weighted by Gasteiger charge is 2.03. The van der Waals surface area contributed by atoms with Crippen LogP contribution in [0, 0.1) is 0 Å². The van der Waals surface area contributed by atoms with E-state index in [0.29, 0.717) is 18.7 Å². The van der Waals surface area contributed by atoms with Gasteiger partial charge < -0.3 is 16.0 Å². The van der Waals surface area contributed by atoms with Crippen molar-refractivity contribution in [2.75, 3.05) is 38.7 Å². The van der Waals surface area contributed by atoms with Gasteiger partial charge in [0.15, 0.2) is 5.96 Å². The van der Waals surface area contributed by atoms with Crippen molar-refractivity contribution >= 4 is 23.6 Å². The molecule has 0 aliphatic carbocycles. The number of hydrogen-bond acceptors (Lipinski definition) is 4. The molecule has 0 spiro atoms. The normalized spacial score (nSPS) is 11.0. The van der Waals surface area contributed by atoms with Crippen molar-refractivity contribution in [3.8, 4) is 0 Å². The first-order valence-electron chi connectivity index (χ1n) is 6.39. The molecule has 0 atom stereocenters. The summed E-state index contributed by atoms with van der Waals surface area (Å²) in [5.41, 5.74) is 0.565. The summed E-state index contributed by atoms with van der Waals surface area (Å²) in [5.74, 6) is 1.65. The zero-order valence-electron chi connectivity index (χ0n) is 11.8. The van der Waals surface area contributed by atoms with Crippen molar-refractivity contribution in [1.29, 1.82) is 0 Å². The third-order valence-corrected chi connectivity index (χ3v) is 3.06. The largest absolute Gasteiger partial charge is 0.356 e. The third kappa shape index (κ3) is 6.42. The number of guanidine groups is 1. The van der Waals surface area contributed by atoms with Gasteiger partial charge in [-0.25, -0.2) is 0 Å². The first kappa shape index (κ1) is 16.3. The maximum absolute atomic E-state index is 11.7. The van der Waals surface area contributed by atoms with Crippen LogP contribution in [0.4, 0.5) is 0 Å². The molecule has 0 unspecified atom stereocenters. The van der Waals surface area contributed by atoms with Crippen molar-refractivity contribution in [2.45, 2.75) is 0 Å². The third-order valence-electron chi connectivity index (χ3n) is 2.45. The van der Waals surface area contributed by atoms with Crippen molar-refractivity contribution in [2.24, 2.45) is 4.99 Å². The van der Waals surface area contributed by atoms with E-state index in [1.807, 2.05) is 0 Å². The number of nitrogens with zero attached hydrogens (tertiary/aromatic N) is 2. The van der Waals surface area contributed by atoms with Crippen LogP contribution in [0.3, 0.4) is 0 Å². The fourth-order valence-electron chi connectivity index (χ4n) is 1.45. The summed E-state index contributed by atoms with van der Waals surface area (Å²) in [5, 5.41) is 9.14. The molecule has 0 aromatic carbocycles.